The molecule has 1 saturated heterocycles. The van der Waals surface area contributed by atoms with Crippen molar-refractivity contribution in [3.8, 4) is 0 Å². The molecule has 3 rings (SSSR count). The number of ether oxygens (including phenoxy) is 1. The van der Waals surface area contributed by atoms with Crippen LogP contribution in [0.1, 0.15) is 99.7 Å². The summed E-state index contributed by atoms with van der Waals surface area (Å²) in [6, 6.07) is 6.12. The van der Waals surface area contributed by atoms with Crippen LogP contribution in [-0.2, 0) is 4.74 Å². The molecule has 0 radical (unpaired) electrons. The highest BCUT2D eigenvalue weighted by Gasteiger charge is 2.47. The molecule has 35 heavy (non-hydrogen) atoms. The van der Waals surface area contributed by atoms with E-state index in [2.05, 4.69) is 47.6 Å². The highest BCUT2D eigenvalue weighted by Crippen LogP contribution is 2.43. The van der Waals surface area contributed by atoms with Crippen LogP contribution in [0, 0.1) is 0 Å². The molecule has 1 aromatic carbocycles. The van der Waals surface area contributed by atoms with E-state index in [9.17, 15) is 9.90 Å². The Balaban J connectivity index is 1.94. The average Bonchev–Trinajstić information content (AvgIpc) is 3.16. The monoisotopic (exact) mass is 518 g/mol. The van der Waals surface area contributed by atoms with Gasteiger partial charge in [0.15, 0.2) is 0 Å². The largest absolute Gasteiger partial charge is 0.444 e. The van der Waals surface area contributed by atoms with E-state index in [0.29, 0.717) is 29.6 Å². The van der Waals surface area contributed by atoms with Gasteiger partial charge < -0.3 is 14.7 Å². The lowest BCUT2D eigenvalue weighted by Crippen LogP contribution is -2.55. The fourth-order valence-corrected chi connectivity index (χ4v) is 16.2. The number of benzene rings is 1. The first kappa shape index (κ1) is 28.1. The number of likely N-dealkylation sites (tertiary alicyclic amines) is 1. The normalized spacial score (nSPS) is 18.7. The summed E-state index contributed by atoms with van der Waals surface area (Å²) in [7, 11) is -1.88. The van der Waals surface area contributed by atoms with Gasteiger partial charge >= 0.3 is 6.09 Å². The molecule has 1 aromatic heterocycles. The zero-order chi connectivity index (χ0) is 26.1. The summed E-state index contributed by atoms with van der Waals surface area (Å²) in [6.07, 6.45) is 2.54. The van der Waals surface area contributed by atoms with Gasteiger partial charge in [0.25, 0.3) is 0 Å². The Kier molecular flexibility index (Phi) is 8.76. The van der Waals surface area contributed by atoms with Crippen LogP contribution in [0.4, 0.5) is 4.79 Å². The molecule has 2 aromatic rings. The predicted octanol–water partition coefficient (Wildman–Crippen LogP) is 7.40. The van der Waals surface area contributed by atoms with Gasteiger partial charge in [0, 0.05) is 12.6 Å². The molecule has 196 valence electrons. The second kappa shape index (κ2) is 10.9. The van der Waals surface area contributed by atoms with Crippen LogP contribution in [0.25, 0.3) is 10.2 Å². The van der Waals surface area contributed by atoms with E-state index in [1.807, 2.05) is 37.8 Å². The maximum atomic E-state index is 12.9. The lowest BCUT2D eigenvalue weighted by molar-refractivity contribution is 0.00246. The van der Waals surface area contributed by atoms with Crippen LogP contribution in [0.5, 0.6) is 0 Å². The van der Waals surface area contributed by atoms with Crippen molar-refractivity contribution in [1.82, 2.24) is 9.88 Å². The van der Waals surface area contributed by atoms with E-state index in [-0.39, 0.29) is 12.1 Å². The van der Waals surface area contributed by atoms with E-state index >= 15 is 0 Å². The molecule has 1 amide bonds. The molecule has 0 unspecified atom stereocenters. The number of aliphatic hydroxyl groups is 1. The molecule has 0 bridgehead atoms. The molecular formula is C28H46N2O3SSi. The first-order valence-corrected chi connectivity index (χ1v) is 16.4. The molecule has 0 aliphatic carbocycles. The van der Waals surface area contributed by atoms with Crippen molar-refractivity contribution in [3.63, 3.8) is 0 Å². The maximum absolute atomic E-state index is 12.9. The zero-order valence-electron chi connectivity index (χ0n) is 23.2. The highest BCUT2D eigenvalue weighted by molar-refractivity contribution is 7.31. The fraction of sp³-hybridized carbons (Fsp3) is 0.714. The third-order valence-electron chi connectivity index (χ3n) is 7.79. The van der Waals surface area contributed by atoms with E-state index in [1.165, 1.54) is 4.63 Å². The second-order valence-corrected chi connectivity index (χ2v) is 19.4. The zero-order valence-corrected chi connectivity index (χ0v) is 25.0. The van der Waals surface area contributed by atoms with Gasteiger partial charge in [-0.25, -0.2) is 9.78 Å². The molecule has 1 aliphatic heterocycles. The average molecular weight is 519 g/mol. The molecule has 0 spiro atoms. The highest BCUT2D eigenvalue weighted by atomic mass is 32.1. The number of carbonyl (C=O) groups is 1. The summed E-state index contributed by atoms with van der Waals surface area (Å²) in [4.78, 5) is 19.9. The van der Waals surface area contributed by atoms with Crippen LogP contribution >= 0.6 is 11.3 Å². The number of nitrogens with zero attached hydrogens (tertiary/aromatic N) is 2. The van der Waals surface area contributed by atoms with Crippen molar-refractivity contribution in [3.05, 3.63) is 23.8 Å². The Morgan fingerprint density at radius 3 is 2.34 bits per heavy atom. The summed E-state index contributed by atoms with van der Waals surface area (Å²) < 4.78 is 8.09. The van der Waals surface area contributed by atoms with Crippen molar-refractivity contribution in [2.24, 2.45) is 0 Å². The van der Waals surface area contributed by atoms with Crippen LogP contribution in [0.3, 0.4) is 0 Å². The van der Waals surface area contributed by atoms with Crippen molar-refractivity contribution >= 4 is 40.4 Å². The van der Waals surface area contributed by atoms with Gasteiger partial charge in [-0.15, -0.1) is 11.3 Å². The number of fused-ring (bicyclic) bond motifs is 1. The molecule has 1 fully saturated rings. The van der Waals surface area contributed by atoms with Crippen LogP contribution in [0.2, 0.25) is 16.6 Å². The lowest BCUT2D eigenvalue weighted by atomic mass is 9.94. The molecule has 0 saturated carbocycles. The number of hydrogen-bond acceptors (Lipinski definition) is 5. The Bertz CT molecular complexity index is 990. The summed E-state index contributed by atoms with van der Waals surface area (Å²) in [5.74, 6) is 0. The van der Waals surface area contributed by atoms with Crippen LogP contribution < -0.4 is 4.63 Å². The molecule has 5 nitrogen and oxygen atoms in total. The van der Waals surface area contributed by atoms with E-state index in [4.69, 9.17) is 9.72 Å². The quantitative estimate of drug-likeness (QED) is 0.388. The Morgan fingerprint density at radius 2 is 1.77 bits per heavy atom. The smallest absolute Gasteiger partial charge is 0.410 e. The summed E-state index contributed by atoms with van der Waals surface area (Å²) in [6.45, 7) is 20.6. The lowest BCUT2D eigenvalue weighted by Gasteiger charge is -2.41. The maximum Gasteiger partial charge on any atom is 0.410 e. The minimum Gasteiger partial charge on any atom is -0.444 e. The standard InChI is InChI=1S/C28H46N2O3SSi/c1-18(2)35(19(3)4,20(5)6)26-29-23-15-12-14-22(25(23)34-26)24(31)17-21-13-10-11-16-30(21)27(32)33-28(7,8)9/h12,14-15,18-21,24,31H,10-11,13,16-17H2,1-9H3/t21-,24+/m1/s1. The van der Waals surface area contributed by atoms with Crippen LogP contribution in [0.15, 0.2) is 18.2 Å². The van der Waals surface area contributed by atoms with Gasteiger partial charge in [-0.3, -0.25) is 0 Å². The van der Waals surface area contributed by atoms with Crippen molar-refractivity contribution in [1.29, 1.82) is 0 Å². The van der Waals surface area contributed by atoms with E-state index in [1.54, 1.807) is 11.3 Å². The fourth-order valence-electron chi connectivity index (χ4n) is 6.35. The molecule has 1 N–H and O–H groups in total. The number of aliphatic hydroxyl groups excluding tert-OH is 1. The third-order valence-corrected chi connectivity index (χ3v) is 16.7. The first-order chi connectivity index (χ1) is 16.3. The van der Waals surface area contributed by atoms with Crippen molar-refractivity contribution in [2.75, 3.05) is 6.54 Å². The van der Waals surface area contributed by atoms with Gasteiger partial charge in [0.2, 0.25) is 0 Å². The molecule has 1 aliphatic rings. The number of aromatic nitrogens is 1. The van der Waals surface area contributed by atoms with E-state index in [0.717, 1.165) is 35.0 Å². The third kappa shape index (κ3) is 5.77. The topological polar surface area (TPSA) is 62.7 Å². The predicted molar refractivity (Wildman–Crippen MR) is 150 cm³/mol. The number of hydrogen-bond donors (Lipinski definition) is 1. The molecule has 2 atom stereocenters. The van der Waals surface area contributed by atoms with Gasteiger partial charge in [-0.2, -0.15) is 0 Å². The van der Waals surface area contributed by atoms with Gasteiger partial charge in [-0.05, 0) is 74.7 Å². The first-order valence-electron chi connectivity index (χ1n) is 13.4. The van der Waals surface area contributed by atoms with Crippen LogP contribution in [-0.4, -0.2) is 47.3 Å². The van der Waals surface area contributed by atoms with Crippen molar-refractivity contribution in [2.45, 2.75) is 122 Å². The van der Waals surface area contributed by atoms with Crippen molar-refractivity contribution < 1.29 is 14.6 Å². The molecular weight excluding hydrogens is 472 g/mol. The number of piperidine rings is 1. The minimum atomic E-state index is -1.88. The van der Waals surface area contributed by atoms with E-state index < -0.39 is 19.8 Å². The van der Waals surface area contributed by atoms with Gasteiger partial charge in [-0.1, -0.05) is 53.7 Å². The number of thiazole rings is 1. The Labute approximate surface area is 217 Å². The Morgan fingerprint density at radius 1 is 1.14 bits per heavy atom. The van der Waals surface area contributed by atoms with Gasteiger partial charge in [0.1, 0.15) is 13.7 Å². The molecule has 2 heterocycles. The summed E-state index contributed by atoms with van der Waals surface area (Å²) in [5.41, 5.74) is 3.17. The summed E-state index contributed by atoms with van der Waals surface area (Å²) >= 11 is 1.81. The number of rotatable bonds is 7. The number of amides is 1. The SMILES string of the molecule is CC(C)[Si](c1nc2cccc([C@@H](O)C[C@H]3CCCCN3C(=O)OC(C)(C)C)c2s1)(C(C)C)C(C)C. The molecule has 7 heteroatoms. The minimum absolute atomic E-state index is 0.0216. The second-order valence-electron chi connectivity index (χ2n) is 12.2. The van der Waals surface area contributed by atoms with Gasteiger partial charge in [0.05, 0.1) is 21.0 Å². The summed E-state index contributed by atoms with van der Waals surface area (Å²) in [5, 5.41) is 11.5. The Hall–Kier alpha value is -1.44. The number of carbonyl (C=O) groups excluding carboxylic acids is 1.